The Bertz CT molecular complexity index is 411. The second-order valence-corrected chi connectivity index (χ2v) is 5.77. The minimum atomic E-state index is -0.183. The molecule has 0 heterocycles. The third kappa shape index (κ3) is 2.83. The van der Waals surface area contributed by atoms with Gasteiger partial charge in [-0.2, -0.15) is 0 Å². The first-order valence-electron chi connectivity index (χ1n) is 6.99. The summed E-state index contributed by atoms with van der Waals surface area (Å²) in [6.45, 7) is 2.66. The van der Waals surface area contributed by atoms with Gasteiger partial charge in [0.1, 0.15) is 5.82 Å². The smallest absolute Gasteiger partial charge is 0.123 e. The van der Waals surface area contributed by atoms with Crippen molar-refractivity contribution >= 4 is 5.69 Å². The van der Waals surface area contributed by atoms with Crippen LogP contribution in [-0.2, 0) is 6.54 Å². The van der Waals surface area contributed by atoms with E-state index in [1.165, 1.54) is 25.7 Å². The number of hydrogen-bond acceptors (Lipinski definition) is 2. The third-order valence-corrected chi connectivity index (χ3v) is 3.95. The summed E-state index contributed by atoms with van der Waals surface area (Å²) in [6, 6.07) is 5.05. The maximum Gasteiger partial charge on any atom is 0.123 e. The van der Waals surface area contributed by atoms with Crippen molar-refractivity contribution in [2.24, 2.45) is 17.6 Å². The summed E-state index contributed by atoms with van der Waals surface area (Å²) in [7, 11) is 0. The molecule has 0 atom stereocenters. The Morgan fingerprint density at radius 3 is 2.22 bits per heavy atom. The van der Waals surface area contributed by atoms with Crippen molar-refractivity contribution in [3.63, 3.8) is 0 Å². The summed E-state index contributed by atoms with van der Waals surface area (Å²) in [5.74, 6) is 1.51. The Balaban J connectivity index is 1.81. The molecule has 18 heavy (non-hydrogen) atoms. The molecule has 3 heteroatoms. The van der Waals surface area contributed by atoms with Gasteiger partial charge in [0.25, 0.3) is 0 Å². The molecule has 2 fully saturated rings. The van der Waals surface area contributed by atoms with Crippen LogP contribution in [0.4, 0.5) is 10.1 Å². The van der Waals surface area contributed by atoms with Gasteiger partial charge >= 0.3 is 0 Å². The van der Waals surface area contributed by atoms with E-state index in [0.29, 0.717) is 6.54 Å². The predicted molar refractivity (Wildman–Crippen MR) is 72.0 cm³/mol. The molecule has 0 aliphatic heterocycles. The summed E-state index contributed by atoms with van der Waals surface area (Å²) < 4.78 is 13.3. The van der Waals surface area contributed by atoms with Crippen LogP contribution in [0.2, 0.25) is 0 Å². The highest BCUT2D eigenvalue weighted by Gasteiger charge is 2.30. The predicted octanol–water partition coefficient (Wildman–Crippen LogP) is 2.91. The fraction of sp³-hybridized carbons (Fsp3) is 0.600. The number of nitrogens with two attached hydrogens (primary N) is 1. The van der Waals surface area contributed by atoms with Crippen molar-refractivity contribution in [2.45, 2.75) is 32.2 Å². The summed E-state index contributed by atoms with van der Waals surface area (Å²) >= 11 is 0. The fourth-order valence-electron chi connectivity index (χ4n) is 2.52. The quantitative estimate of drug-likeness (QED) is 0.838. The fourth-order valence-corrected chi connectivity index (χ4v) is 2.52. The molecule has 0 radical (unpaired) electrons. The zero-order valence-corrected chi connectivity index (χ0v) is 10.7. The van der Waals surface area contributed by atoms with Gasteiger partial charge in [0.2, 0.25) is 0 Å². The first kappa shape index (κ1) is 12.0. The van der Waals surface area contributed by atoms with Gasteiger partial charge in [-0.15, -0.1) is 0 Å². The monoisotopic (exact) mass is 248 g/mol. The number of anilines is 1. The van der Waals surface area contributed by atoms with Crippen LogP contribution >= 0.6 is 0 Å². The summed E-state index contributed by atoms with van der Waals surface area (Å²) in [6.07, 6.45) is 5.39. The van der Waals surface area contributed by atoms with E-state index in [0.717, 1.165) is 36.2 Å². The molecule has 0 saturated heterocycles. The first-order chi connectivity index (χ1) is 8.76. The molecule has 2 aliphatic carbocycles. The van der Waals surface area contributed by atoms with E-state index < -0.39 is 0 Å². The van der Waals surface area contributed by atoms with Crippen LogP contribution in [0.25, 0.3) is 0 Å². The number of benzene rings is 1. The maximum atomic E-state index is 13.3. The van der Waals surface area contributed by atoms with Crippen LogP contribution in [0.3, 0.4) is 0 Å². The minimum absolute atomic E-state index is 0.183. The highest BCUT2D eigenvalue weighted by molar-refractivity contribution is 5.54. The second-order valence-electron chi connectivity index (χ2n) is 5.77. The van der Waals surface area contributed by atoms with Crippen LogP contribution in [0.15, 0.2) is 18.2 Å². The molecule has 2 nitrogen and oxygen atoms in total. The van der Waals surface area contributed by atoms with Gasteiger partial charge in [0.05, 0.1) is 0 Å². The van der Waals surface area contributed by atoms with Crippen molar-refractivity contribution in [2.75, 3.05) is 18.0 Å². The van der Waals surface area contributed by atoms with Crippen LogP contribution in [0, 0.1) is 17.7 Å². The van der Waals surface area contributed by atoms with Gasteiger partial charge in [0.15, 0.2) is 0 Å². The standard InChI is InChI=1S/C15H21FN2/c16-14-5-6-15(13(7-14)8-17)18(9-11-1-2-11)10-12-3-4-12/h5-7,11-12H,1-4,8-10,17H2. The average molecular weight is 248 g/mol. The van der Waals surface area contributed by atoms with E-state index in [2.05, 4.69) is 4.90 Å². The van der Waals surface area contributed by atoms with Crippen LogP contribution in [0.1, 0.15) is 31.2 Å². The normalized spacial score (nSPS) is 19.0. The Hall–Kier alpha value is -1.09. The average Bonchev–Trinajstić information content (AvgIpc) is 3.23. The number of rotatable bonds is 6. The van der Waals surface area contributed by atoms with Gasteiger partial charge in [-0.1, -0.05) is 0 Å². The van der Waals surface area contributed by atoms with Crippen molar-refractivity contribution < 1.29 is 4.39 Å². The van der Waals surface area contributed by atoms with E-state index in [4.69, 9.17) is 5.73 Å². The SMILES string of the molecule is NCc1cc(F)ccc1N(CC1CC1)CC1CC1. The Morgan fingerprint density at radius 1 is 1.11 bits per heavy atom. The lowest BCUT2D eigenvalue weighted by Crippen LogP contribution is -2.29. The van der Waals surface area contributed by atoms with E-state index in [-0.39, 0.29) is 5.82 Å². The molecule has 1 aromatic carbocycles. The first-order valence-corrected chi connectivity index (χ1v) is 6.99. The Morgan fingerprint density at radius 2 is 1.72 bits per heavy atom. The zero-order valence-electron chi connectivity index (χ0n) is 10.7. The Kier molecular flexibility index (Phi) is 3.25. The molecule has 0 spiro atoms. The topological polar surface area (TPSA) is 29.3 Å². The van der Waals surface area contributed by atoms with Crippen molar-refractivity contribution in [3.05, 3.63) is 29.6 Å². The lowest BCUT2D eigenvalue weighted by molar-refractivity contribution is 0.623. The molecular formula is C15H21FN2. The maximum absolute atomic E-state index is 13.3. The van der Waals surface area contributed by atoms with Crippen LogP contribution < -0.4 is 10.6 Å². The molecule has 2 saturated carbocycles. The lowest BCUT2D eigenvalue weighted by Gasteiger charge is -2.27. The molecule has 1 aromatic rings. The summed E-state index contributed by atoms with van der Waals surface area (Å²) in [5, 5.41) is 0. The number of halogens is 1. The molecule has 0 bridgehead atoms. The van der Waals surface area contributed by atoms with Crippen molar-refractivity contribution in [3.8, 4) is 0 Å². The molecule has 0 unspecified atom stereocenters. The molecule has 98 valence electrons. The highest BCUT2D eigenvalue weighted by atomic mass is 19.1. The highest BCUT2D eigenvalue weighted by Crippen LogP contribution is 2.36. The van der Waals surface area contributed by atoms with Gasteiger partial charge in [-0.3, -0.25) is 0 Å². The van der Waals surface area contributed by atoms with E-state index in [1.54, 1.807) is 12.1 Å². The van der Waals surface area contributed by atoms with E-state index in [1.807, 2.05) is 6.07 Å². The number of hydrogen-bond donors (Lipinski definition) is 1. The van der Waals surface area contributed by atoms with Crippen LogP contribution in [-0.4, -0.2) is 13.1 Å². The lowest BCUT2D eigenvalue weighted by atomic mass is 10.1. The molecule has 2 aliphatic rings. The molecular weight excluding hydrogens is 227 g/mol. The Labute approximate surface area is 108 Å². The van der Waals surface area contributed by atoms with E-state index in [9.17, 15) is 4.39 Å². The summed E-state index contributed by atoms with van der Waals surface area (Å²) in [4.78, 5) is 2.44. The van der Waals surface area contributed by atoms with Gasteiger partial charge in [-0.05, 0) is 61.3 Å². The van der Waals surface area contributed by atoms with Crippen LogP contribution in [0.5, 0.6) is 0 Å². The van der Waals surface area contributed by atoms with Gasteiger partial charge < -0.3 is 10.6 Å². The number of nitrogens with zero attached hydrogens (tertiary/aromatic N) is 1. The van der Waals surface area contributed by atoms with Gasteiger partial charge in [-0.25, -0.2) is 4.39 Å². The van der Waals surface area contributed by atoms with Gasteiger partial charge in [0, 0.05) is 25.3 Å². The molecule has 0 amide bonds. The molecule has 0 aromatic heterocycles. The van der Waals surface area contributed by atoms with E-state index >= 15 is 0 Å². The zero-order chi connectivity index (χ0) is 12.5. The van der Waals surface area contributed by atoms with Crippen molar-refractivity contribution in [1.29, 1.82) is 0 Å². The third-order valence-electron chi connectivity index (χ3n) is 3.95. The molecule has 3 rings (SSSR count). The minimum Gasteiger partial charge on any atom is -0.371 e. The van der Waals surface area contributed by atoms with Crippen molar-refractivity contribution in [1.82, 2.24) is 0 Å². The largest absolute Gasteiger partial charge is 0.371 e. The second kappa shape index (κ2) is 4.88. The summed E-state index contributed by atoms with van der Waals surface area (Å²) in [5.41, 5.74) is 7.85. The molecule has 2 N–H and O–H groups in total.